The number of halogens is 2. The van der Waals surface area contributed by atoms with Crippen molar-refractivity contribution in [3.63, 3.8) is 0 Å². The van der Waals surface area contributed by atoms with Crippen molar-refractivity contribution in [2.75, 3.05) is 6.26 Å². The third-order valence-corrected chi connectivity index (χ3v) is 3.97. The molecule has 1 aromatic carbocycles. The molecule has 0 aromatic heterocycles. The zero-order valence-electron chi connectivity index (χ0n) is 6.62. The van der Waals surface area contributed by atoms with Crippen LogP contribution in [0.25, 0.3) is 0 Å². The van der Waals surface area contributed by atoms with Crippen LogP contribution in [0.3, 0.4) is 0 Å². The van der Waals surface area contributed by atoms with Crippen molar-refractivity contribution >= 4 is 48.6 Å². The first-order chi connectivity index (χ1) is 5.88. The van der Waals surface area contributed by atoms with Crippen molar-refractivity contribution in [3.05, 3.63) is 26.2 Å². The minimum Gasteiger partial charge on any atom is -0.383 e. The Morgan fingerprint density at radius 3 is 2.54 bits per heavy atom. The molecule has 3 nitrogen and oxygen atoms in total. The summed E-state index contributed by atoms with van der Waals surface area (Å²) in [5, 5.41) is 0. The van der Waals surface area contributed by atoms with Crippen LogP contribution in [0, 0.1) is 3.57 Å². The quantitative estimate of drug-likeness (QED) is 0.588. The van der Waals surface area contributed by atoms with Crippen molar-refractivity contribution in [3.8, 4) is 5.75 Å². The number of hydrogen-bond donors (Lipinski definition) is 0. The Bertz CT molecular complexity index is 416. The average molecular weight is 377 g/mol. The maximum atomic E-state index is 10.8. The second kappa shape index (κ2) is 4.14. The maximum Gasteiger partial charge on any atom is 0.306 e. The van der Waals surface area contributed by atoms with Gasteiger partial charge >= 0.3 is 10.1 Å². The van der Waals surface area contributed by atoms with Gasteiger partial charge in [0.15, 0.2) is 0 Å². The molecule has 0 aliphatic heterocycles. The molecule has 13 heavy (non-hydrogen) atoms. The molecule has 0 aliphatic rings. The Morgan fingerprint density at radius 2 is 2.08 bits per heavy atom. The summed E-state index contributed by atoms with van der Waals surface area (Å²) in [6.07, 6.45) is 1.01. The molecule has 72 valence electrons. The molecule has 0 amide bonds. The Labute approximate surface area is 98.9 Å². The zero-order valence-corrected chi connectivity index (χ0v) is 11.2. The summed E-state index contributed by atoms with van der Waals surface area (Å²) in [7, 11) is -3.43. The molecule has 0 saturated heterocycles. The molecule has 0 N–H and O–H groups in total. The molecule has 6 heteroatoms. The van der Waals surface area contributed by atoms with Gasteiger partial charge in [0.1, 0.15) is 5.75 Å². The van der Waals surface area contributed by atoms with Gasteiger partial charge in [0.05, 0.1) is 6.26 Å². The summed E-state index contributed by atoms with van der Waals surface area (Å²) < 4.78 is 28.0. The van der Waals surface area contributed by atoms with Crippen LogP contribution in [0.2, 0.25) is 0 Å². The number of rotatable bonds is 2. The van der Waals surface area contributed by atoms with Crippen LogP contribution in [0.1, 0.15) is 0 Å². The maximum absolute atomic E-state index is 10.8. The van der Waals surface area contributed by atoms with E-state index in [-0.39, 0.29) is 0 Å². The zero-order chi connectivity index (χ0) is 10.1. The molecule has 0 fully saturated rings. The van der Waals surface area contributed by atoms with Gasteiger partial charge in [-0.2, -0.15) is 8.42 Å². The first kappa shape index (κ1) is 11.3. The summed E-state index contributed by atoms with van der Waals surface area (Å²) >= 11 is 5.40. The van der Waals surface area contributed by atoms with Gasteiger partial charge in [-0.25, -0.2) is 0 Å². The fourth-order valence-electron chi connectivity index (χ4n) is 0.703. The van der Waals surface area contributed by atoms with Gasteiger partial charge in [0, 0.05) is 8.04 Å². The van der Waals surface area contributed by atoms with Crippen LogP contribution in [0.5, 0.6) is 5.75 Å². The summed E-state index contributed by atoms with van der Waals surface area (Å²) in [4.78, 5) is 0. The smallest absolute Gasteiger partial charge is 0.306 e. The third kappa shape index (κ3) is 3.82. The molecule has 0 unspecified atom stereocenters. The lowest BCUT2D eigenvalue weighted by Crippen LogP contribution is -2.05. The normalized spacial score (nSPS) is 11.3. The Morgan fingerprint density at radius 1 is 1.46 bits per heavy atom. The Balaban J connectivity index is 2.99. The van der Waals surface area contributed by atoms with Crippen LogP contribution in [0.15, 0.2) is 22.7 Å². The topological polar surface area (TPSA) is 43.4 Å². The van der Waals surface area contributed by atoms with E-state index in [0.29, 0.717) is 5.75 Å². The van der Waals surface area contributed by atoms with E-state index in [9.17, 15) is 8.42 Å². The second-order valence-electron chi connectivity index (χ2n) is 2.36. The SMILES string of the molecule is CS(=O)(=O)Oc1ccc(I)c(Br)c1. The average Bonchev–Trinajstić information content (AvgIpc) is 1.94. The lowest BCUT2D eigenvalue weighted by molar-refractivity contribution is 0.493. The molecule has 0 heterocycles. The number of hydrogen-bond acceptors (Lipinski definition) is 3. The van der Waals surface area contributed by atoms with Gasteiger partial charge in [0.2, 0.25) is 0 Å². The summed E-state index contributed by atoms with van der Waals surface area (Å²) in [6, 6.07) is 4.99. The van der Waals surface area contributed by atoms with Crippen LogP contribution >= 0.6 is 38.5 Å². The first-order valence-electron chi connectivity index (χ1n) is 3.23. The molecule has 0 aliphatic carbocycles. The van der Waals surface area contributed by atoms with Crippen LogP contribution < -0.4 is 4.18 Å². The van der Waals surface area contributed by atoms with E-state index < -0.39 is 10.1 Å². The predicted octanol–water partition coefficient (Wildman–Crippen LogP) is 2.39. The Kier molecular flexibility index (Phi) is 3.58. The van der Waals surface area contributed by atoms with Gasteiger partial charge in [0.25, 0.3) is 0 Å². The molecular weight excluding hydrogens is 371 g/mol. The monoisotopic (exact) mass is 376 g/mol. The second-order valence-corrected chi connectivity index (χ2v) is 5.95. The molecule has 0 bridgehead atoms. The first-order valence-corrected chi connectivity index (χ1v) is 6.92. The summed E-state index contributed by atoms with van der Waals surface area (Å²) in [5.41, 5.74) is 0. The van der Waals surface area contributed by atoms with Crippen LogP contribution in [0.4, 0.5) is 0 Å². The van der Waals surface area contributed by atoms with Gasteiger partial charge in [-0.05, 0) is 56.7 Å². The number of benzene rings is 1. The van der Waals surface area contributed by atoms with Gasteiger partial charge in [-0.15, -0.1) is 0 Å². The molecule has 1 rings (SSSR count). The van der Waals surface area contributed by atoms with E-state index in [1.54, 1.807) is 18.2 Å². The molecule has 1 aromatic rings. The fourth-order valence-corrected chi connectivity index (χ4v) is 1.85. The summed E-state index contributed by atoms with van der Waals surface area (Å²) in [5.74, 6) is 0.315. The third-order valence-electron chi connectivity index (χ3n) is 1.14. The molecule has 0 radical (unpaired) electrons. The fraction of sp³-hybridized carbons (Fsp3) is 0.143. The van der Waals surface area contributed by atoms with E-state index in [2.05, 4.69) is 42.7 Å². The van der Waals surface area contributed by atoms with Crippen LogP contribution in [-0.4, -0.2) is 14.7 Å². The predicted molar refractivity (Wildman–Crippen MR) is 62.3 cm³/mol. The van der Waals surface area contributed by atoms with Crippen molar-refractivity contribution in [2.45, 2.75) is 0 Å². The standard InChI is InChI=1S/C7H6BrIO3S/c1-13(10,11)12-5-2-3-7(9)6(8)4-5/h2-4H,1H3. The largest absolute Gasteiger partial charge is 0.383 e. The van der Waals surface area contributed by atoms with E-state index in [4.69, 9.17) is 0 Å². The molecule has 0 atom stereocenters. The van der Waals surface area contributed by atoms with E-state index in [0.717, 1.165) is 14.3 Å². The van der Waals surface area contributed by atoms with E-state index in [1.807, 2.05) is 0 Å². The lowest BCUT2D eigenvalue weighted by atomic mass is 10.3. The van der Waals surface area contributed by atoms with Crippen LogP contribution in [-0.2, 0) is 10.1 Å². The Hall–Kier alpha value is 0.180. The molecular formula is C7H6BrIO3S. The highest BCUT2D eigenvalue weighted by atomic mass is 127. The minimum atomic E-state index is -3.43. The highest BCUT2D eigenvalue weighted by Crippen LogP contribution is 2.24. The highest BCUT2D eigenvalue weighted by molar-refractivity contribution is 14.1. The van der Waals surface area contributed by atoms with E-state index >= 15 is 0 Å². The van der Waals surface area contributed by atoms with Crippen molar-refractivity contribution in [1.82, 2.24) is 0 Å². The van der Waals surface area contributed by atoms with E-state index in [1.165, 1.54) is 0 Å². The highest BCUT2D eigenvalue weighted by Gasteiger charge is 2.05. The minimum absolute atomic E-state index is 0.315. The molecule has 0 spiro atoms. The lowest BCUT2D eigenvalue weighted by Gasteiger charge is -2.03. The van der Waals surface area contributed by atoms with Gasteiger partial charge in [-0.1, -0.05) is 0 Å². The van der Waals surface area contributed by atoms with Gasteiger partial charge in [-0.3, -0.25) is 0 Å². The molecule has 0 saturated carbocycles. The van der Waals surface area contributed by atoms with Crippen molar-refractivity contribution < 1.29 is 12.6 Å². The summed E-state index contributed by atoms with van der Waals surface area (Å²) in [6.45, 7) is 0. The van der Waals surface area contributed by atoms with Crippen molar-refractivity contribution in [2.24, 2.45) is 0 Å². The van der Waals surface area contributed by atoms with Gasteiger partial charge < -0.3 is 4.18 Å². The van der Waals surface area contributed by atoms with Crippen molar-refractivity contribution in [1.29, 1.82) is 0 Å².